The van der Waals surface area contributed by atoms with Crippen LogP contribution in [0.25, 0.3) is 33.8 Å². The van der Waals surface area contributed by atoms with Crippen LogP contribution in [0, 0.1) is 0 Å². The van der Waals surface area contributed by atoms with Gasteiger partial charge in [0.2, 0.25) is 11.2 Å². The smallest absolute Gasteiger partial charge is 0.213 e. The summed E-state index contributed by atoms with van der Waals surface area (Å²) >= 11 is 0. The van der Waals surface area contributed by atoms with Gasteiger partial charge in [-0.05, 0) is 47.5 Å². The molecule has 0 atom stereocenters. The van der Waals surface area contributed by atoms with Crippen molar-refractivity contribution in [3.63, 3.8) is 0 Å². The molecule has 3 aromatic carbocycles. The fourth-order valence-corrected chi connectivity index (χ4v) is 4.87. The fourth-order valence-electron chi connectivity index (χ4n) is 4.87. The standard InChI is InChI=1S/C32H37NO2/c1-3-4-5-6-7-8-9-12-23-33-27(17-15-26-24-28(35-2)19-21-31(26)33)18-20-30-29-14-11-10-13-25(29)16-22-32(30)34/h10-11,13-22,24H,3-9,12,23H2,1-2H3/p+1. The SMILES string of the molecule is CCCCCCCCCC[n+]1c(/C=C/c2c(O)ccc3ccccc23)ccc2cc(OC)ccc21. The second-order valence-corrected chi connectivity index (χ2v) is 9.36. The summed E-state index contributed by atoms with van der Waals surface area (Å²) in [5.41, 5.74) is 3.20. The molecule has 0 saturated heterocycles. The number of nitrogens with zero attached hydrogens (tertiary/aromatic N) is 1. The highest BCUT2D eigenvalue weighted by atomic mass is 16.5. The molecule has 0 bridgehead atoms. The lowest BCUT2D eigenvalue weighted by atomic mass is 10.0. The first-order chi connectivity index (χ1) is 17.2. The number of ether oxygens (including phenoxy) is 1. The van der Waals surface area contributed by atoms with Gasteiger partial charge in [-0.25, -0.2) is 0 Å². The fraction of sp³-hybridized carbons (Fsp3) is 0.344. The molecule has 0 spiro atoms. The van der Waals surface area contributed by atoms with E-state index in [0.29, 0.717) is 5.75 Å². The molecule has 1 N–H and O–H groups in total. The molecule has 0 amide bonds. The number of fused-ring (bicyclic) bond motifs is 2. The summed E-state index contributed by atoms with van der Waals surface area (Å²) in [5, 5.41) is 14.0. The van der Waals surface area contributed by atoms with Crippen molar-refractivity contribution in [2.45, 2.75) is 64.8 Å². The van der Waals surface area contributed by atoms with Crippen LogP contribution < -0.4 is 9.30 Å². The summed E-state index contributed by atoms with van der Waals surface area (Å²) in [7, 11) is 1.71. The third-order valence-corrected chi connectivity index (χ3v) is 6.87. The number of aromatic hydroxyl groups is 1. The van der Waals surface area contributed by atoms with Gasteiger partial charge in [-0.15, -0.1) is 0 Å². The summed E-state index contributed by atoms with van der Waals surface area (Å²) in [6, 6.07) is 22.6. The molecule has 0 unspecified atom stereocenters. The Morgan fingerprint density at radius 2 is 1.51 bits per heavy atom. The van der Waals surface area contributed by atoms with E-state index in [1.165, 1.54) is 55.8 Å². The lowest BCUT2D eigenvalue weighted by Crippen LogP contribution is -2.38. The van der Waals surface area contributed by atoms with Gasteiger partial charge >= 0.3 is 0 Å². The van der Waals surface area contributed by atoms with Crippen molar-refractivity contribution in [1.29, 1.82) is 0 Å². The second-order valence-electron chi connectivity index (χ2n) is 9.36. The van der Waals surface area contributed by atoms with Gasteiger partial charge in [0.05, 0.1) is 12.5 Å². The average Bonchev–Trinajstić information content (AvgIpc) is 2.89. The van der Waals surface area contributed by atoms with E-state index in [0.717, 1.165) is 40.7 Å². The number of aryl methyl sites for hydroxylation is 1. The monoisotopic (exact) mass is 468 g/mol. The van der Waals surface area contributed by atoms with E-state index < -0.39 is 0 Å². The number of aromatic nitrogens is 1. The molecule has 4 rings (SSSR count). The molecule has 3 heteroatoms. The maximum Gasteiger partial charge on any atom is 0.213 e. The van der Waals surface area contributed by atoms with E-state index in [2.05, 4.69) is 54.0 Å². The zero-order valence-electron chi connectivity index (χ0n) is 21.2. The van der Waals surface area contributed by atoms with Crippen LogP contribution in [-0.2, 0) is 6.54 Å². The number of hydrogen-bond donors (Lipinski definition) is 1. The minimum Gasteiger partial charge on any atom is -0.507 e. The number of pyridine rings is 1. The molecule has 0 fully saturated rings. The van der Waals surface area contributed by atoms with Gasteiger partial charge in [0, 0.05) is 30.2 Å². The summed E-state index contributed by atoms with van der Waals surface area (Å²) in [4.78, 5) is 0. The van der Waals surface area contributed by atoms with Crippen LogP contribution in [-0.4, -0.2) is 12.2 Å². The lowest BCUT2D eigenvalue weighted by molar-refractivity contribution is -0.673. The number of hydrogen-bond acceptors (Lipinski definition) is 2. The van der Waals surface area contributed by atoms with Gasteiger partial charge in [-0.3, -0.25) is 0 Å². The lowest BCUT2D eigenvalue weighted by Gasteiger charge is -2.08. The predicted molar refractivity (Wildman–Crippen MR) is 148 cm³/mol. The molecule has 0 aliphatic carbocycles. The van der Waals surface area contributed by atoms with E-state index in [4.69, 9.17) is 4.74 Å². The van der Waals surface area contributed by atoms with Crippen molar-refractivity contribution in [3.8, 4) is 11.5 Å². The summed E-state index contributed by atoms with van der Waals surface area (Å²) < 4.78 is 7.86. The first-order valence-electron chi connectivity index (χ1n) is 13.1. The predicted octanol–water partition coefficient (Wildman–Crippen LogP) is 8.31. The molecule has 1 aromatic heterocycles. The van der Waals surface area contributed by atoms with Crippen molar-refractivity contribution in [3.05, 3.63) is 78.0 Å². The van der Waals surface area contributed by atoms with Gasteiger partial charge in [0.15, 0.2) is 0 Å². The third kappa shape index (κ3) is 6.22. The molecule has 4 aromatic rings. The molecule has 35 heavy (non-hydrogen) atoms. The Hall–Kier alpha value is -3.33. The number of unbranched alkanes of at least 4 members (excludes halogenated alkanes) is 7. The Balaban J connectivity index is 1.59. The Morgan fingerprint density at radius 3 is 2.31 bits per heavy atom. The minimum absolute atomic E-state index is 0.306. The zero-order valence-corrected chi connectivity index (χ0v) is 21.2. The molecule has 182 valence electrons. The molecular weight excluding hydrogens is 430 g/mol. The number of methoxy groups -OCH3 is 1. The normalized spacial score (nSPS) is 11.6. The summed E-state index contributed by atoms with van der Waals surface area (Å²) in [6.45, 7) is 3.24. The van der Waals surface area contributed by atoms with Gasteiger partial charge < -0.3 is 9.84 Å². The largest absolute Gasteiger partial charge is 0.507 e. The molecule has 0 aliphatic heterocycles. The second kappa shape index (κ2) is 12.4. The highest BCUT2D eigenvalue weighted by Gasteiger charge is 2.15. The Kier molecular flexibility index (Phi) is 8.78. The van der Waals surface area contributed by atoms with E-state index in [1.807, 2.05) is 30.3 Å². The summed E-state index contributed by atoms with van der Waals surface area (Å²) in [6.07, 6.45) is 14.6. The summed E-state index contributed by atoms with van der Waals surface area (Å²) in [5.74, 6) is 1.18. The Labute approximate surface area is 209 Å². The van der Waals surface area contributed by atoms with Gasteiger partial charge in [-0.1, -0.05) is 75.8 Å². The van der Waals surface area contributed by atoms with Crippen LogP contribution in [0.2, 0.25) is 0 Å². The van der Waals surface area contributed by atoms with Crippen molar-refractivity contribution in [2.24, 2.45) is 0 Å². The van der Waals surface area contributed by atoms with Crippen LogP contribution in [0.15, 0.2) is 66.7 Å². The first kappa shape index (κ1) is 24.8. The topological polar surface area (TPSA) is 33.3 Å². The maximum absolute atomic E-state index is 10.6. The van der Waals surface area contributed by atoms with Gasteiger partial charge in [0.1, 0.15) is 18.0 Å². The van der Waals surface area contributed by atoms with Crippen LogP contribution >= 0.6 is 0 Å². The molecule has 0 radical (unpaired) electrons. The van der Waals surface area contributed by atoms with Crippen molar-refractivity contribution < 1.29 is 14.4 Å². The molecular formula is C32H38NO2+. The van der Waals surface area contributed by atoms with Gasteiger partial charge in [0.25, 0.3) is 0 Å². The van der Waals surface area contributed by atoms with Crippen LogP contribution in [0.5, 0.6) is 11.5 Å². The molecule has 3 nitrogen and oxygen atoms in total. The van der Waals surface area contributed by atoms with Crippen molar-refractivity contribution >= 4 is 33.8 Å². The number of rotatable bonds is 12. The third-order valence-electron chi connectivity index (χ3n) is 6.87. The van der Waals surface area contributed by atoms with E-state index >= 15 is 0 Å². The first-order valence-corrected chi connectivity index (χ1v) is 13.1. The quantitative estimate of drug-likeness (QED) is 0.167. The van der Waals surface area contributed by atoms with E-state index in [1.54, 1.807) is 13.2 Å². The van der Waals surface area contributed by atoms with E-state index in [-0.39, 0.29) is 0 Å². The molecule has 0 aliphatic rings. The molecule has 0 saturated carbocycles. The van der Waals surface area contributed by atoms with Crippen LogP contribution in [0.4, 0.5) is 0 Å². The van der Waals surface area contributed by atoms with Gasteiger partial charge in [-0.2, -0.15) is 4.57 Å². The van der Waals surface area contributed by atoms with Crippen molar-refractivity contribution in [1.82, 2.24) is 0 Å². The zero-order chi connectivity index (χ0) is 24.5. The Morgan fingerprint density at radius 1 is 0.771 bits per heavy atom. The van der Waals surface area contributed by atoms with Crippen LogP contribution in [0.3, 0.4) is 0 Å². The molecule has 1 heterocycles. The number of phenolic OH excluding ortho intramolecular Hbond substituents is 1. The number of benzene rings is 3. The van der Waals surface area contributed by atoms with E-state index in [9.17, 15) is 5.11 Å². The van der Waals surface area contributed by atoms with Crippen LogP contribution in [0.1, 0.15) is 69.5 Å². The van der Waals surface area contributed by atoms with Crippen molar-refractivity contribution in [2.75, 3.05) is 7.11 Å². The number of phenols is 1. The maximum atomic E-state index is 10.6. The average molecular weight is 469 g/mol. The Bertz CT molecular complexity index is 1290. The minimum atomic E-state index is 0.306. The highest BCUT2D eigenvalue weighted by molar-refractivity contribution is 5.95. The highest BCUT2D eigenvalue weighted by Crippen LogP contribution is 2.29.